The van der Waals surface area contributed by atoms with Crippen LogP contribution in [-0.4, -0.2) is 26.9 Å². The zero-order valence-electron chi connectivity index (χ0n) is 8.36. The molecule has 1 aromatic carbocycles. The van der Waals surface area contributed by atoms with Crippen LogP contribution in [0.15, 0.2) is 30.5 Å². The zero-order valence-corrected chi connectivity index (χ0v) is 8.36. The van der Waals surface area contributed by atoms with Gasteiger partial charge in [-0.3, -0.25) is 0 Å². The first-order valence-corrected chi connectivity index (χ1v) is 4.50. The molecule has 0 bridgehead atoms. The largest absolute Gasteiger partial charge is 0.362 e. The predicted molar refractivity (Wildman–Crippen MR) is 61.5 cm³/mol. The Labute approximate surface area is 85.0 Å². The normalized spacial score (nSPS) is 10.4. The molecule has 0 aliphatic heterocycles. The van der Waals surface area contributed by atoms with Crippen LogP contribution in [0.4, 0.5) is 5.82 Å². The minimum atomic E-state index is 0.772. The lowest BCUT2D eigenvalue weighted by molar-refractivity contribution is 1.08. The van der Waals surface area contributed by atoms with Gasteiger partial charge in [0, 0.05) is 25.7 Å². The van der Waals surface area contributed by atoms with E-state index < -0.39 is 0 Å². The van der Waals surface area contributed by atoms with E-state index in [1.54, 1.807) is 0 Å². The number of benzene rings is 1. The summed E-state index contributed by atoms with van der Waals surface area (Å²) in [6.45, 7) is 0. The number of aromatic nitrogens is 1. The van der Waals surface area contributed by atoms with E-state index in [9.17, 15) is 0 Å². The van der Waals surface area contributed by atoms with Crippen LogP contribution < -0.4 is 10.4 Å². The second kappa shape index (κ2) is 3.33. The third kappa shape index (κ3) is 1.46. The van der Waals surface area contributed by atoms with Crippen LogP contribution in [0.5, 0.6) is 0 Å². The maximum Gasteiger partial charge on any atom is 0.135 e. The van der Waals surface area contributed by atoms with Crippen molar-refractivity contribution in [3.8, 4) is 0 Å². The number of rotatable bonds is 1. The van der Waals surface area contributed by atoms with Crippen molar-refractivity contribution in [3.63, 3.8) is 0 Å². The number of anilines is 1. The van der Waals surface area contributed by atoms with Gasteiger partial charge in [0.15, 0.2) is 0 Å². The van der Waals surface area contributed by atoms with Gasteiger partial charge in [0.05, 0.1) is 0 Å². The van der Waals surface area contributed by atoms with Crippen molar-refractivity contribution in [2.45, 2.75) is 0 Å². The van der Waals surface area contributed by atoms with Gasteiger partial charge in [0.1, 0.15) is 13.7 Å². The molecule has 0 unspecified atom stereocenters. The molecule has 14 heavy (non-hydrogen) atoms. The van der Waals surface area contributed by atoms with Gasteiger partial charge in [0.25, 0.3) is 0 Å². The number of nitrogens with zero attached hydrogens (tertiary/aromatic N) is 2. The highest BCUT2D eigenvalue weighted by atomic mass is 15.1. The molecule has 0 saturated heterocycles. The summed E-state index contributed by atoms with van der Waals surface area (Å²) in [5.41, 5.74) is 0.772. The van der Waals surface area contributed by atoms with Gasteiger partial charge in [-0.05, 0) is 11.5 Å². The monoisotopic (exact) mass is 182 g/mol. The van der Waals surface area contributed by atoms with Crippen LogP contribution in [0.2, 0.25) is 0 Å². The van der Waals surface area contributed by atoms with E-state index >= 15 is 0 Å². The molecule has 2 rings (SSSR count). The van der Waals surface area contributed by atoms with Gasteiger partial charge >= 0.3 is 0 Å². The Hall–Kier alpha value is -1.51. The molecule has 1 heterocycles. The zero-order chi connectivity index (χ0) is 10.1. The van der Waals surface area contributed by atoms with E-state index in [-0.39, 0.29) is 0 Å². The summed E-state index contributed by atoms with van der Waals surface area (Å²) in [4.78, 5) is 6.31. The van der Waals surface area contributed by atoms with Crippen molar-refractivity contribution in [3.05, 3.63) is 30.5 Å². The molecule has 0 fully saturated rings. The molecule has 68 valence electrons. The van der Waals surface area contributed by atoms with Gasteiger partial charge in [-0.25, -0.2) is 4.98 Å². The Morgan fingerprint density at radius 3 is 2.71 bits per heavy atom. The molecule has 2 aromatic rings. The number of hydrogen-bond acceptors (Lipinski definition) is 2. The highest BCUT2D eigenvalue weighted by Crippen LogP contribution is 2.21. The van der Waals surface area contributed by atoms with Crippen molar-refractivity contribution in [2.75, 3.05) is 19.0 Å². The SMILES string of the molecule is [B]c1ccc2ccnc(N(C)C)c2c1. The van der Waals surface area contributed by atoms with Gasteiger partial charge in [-0.2, -0.15) is 0 Å². The molecule has 0 atom stereocenters. The van der Waals surface area contributed by atoms with E-state index in [4.69, 9.17) is 7.85 Å². The van der Waals surface area contributed by atoms with Crippen molar-refractivity contribution >= 4 is 29.9 Å². The summed E-state index contributed by atoms with van der Waals surface area (Å²) in [5, 5.41) is 2.26. The van der Waals surface area contributed by atoms with Gasteiger partial charge in [-0.15, -0.1) is 0 Å². The second-order valence-electron chi connectivity index (χ2n) is 3.51. The molecule has 0 N–H and O–H groups in total. The van der Waals surface area contributed by atoms with E-state index in [2.05, 4.69) is 4.98 Å². The lowest BCUT2D eigenvalue weighted by atomic mass is 9.94. The first-order chi connectivity index (χ1) is 6.68. The fraction of sp³-hybridized carbons (Fsp3) is 0.182. The number of hydrogen-bond donors (Lipinski definition) is 0. The first kappa shape index (κ1) is 9.07. The van der Waals surface area contributed by atoms with E-state index in [1.165, 1.54) is 0 Å². The minimum Gasteiger partial charge on any atom is -0.362 e. The maximum atomic E-state index is 5.75. The highest BCUT2D eigenvalue weighted by Gasteiger charge is 2.03. The molecule has 0 aliphatic carbocycles. The van der Waals surface area contributed by atoms with Crippen LogP contribution in [-0.2, 0) is 0 Å². The fourth-order valence-electron chi connectivity index (χ4n) is 1.53. The molecular weight excluding hydrogens is 171 g/mol. The summed E-state index contributed by atoms with van der Waals surface area (Å²) < 4.78 is 0. The van der Waals surface area contributed by atoms with Gasteiger partial charge in [0.2, 0.25) is 0 Å². The lowest BCUT2D eigenvalue weighted by Crippen LogP contribution is -2.12. The Bertz CT molecular complexity index is 466. The highest BCUT2D eigenvalue weighted by molar-refractivity contribution is 6.33. The average Bonchev–Trinajstić information content (AvgIpc) is 2.16. The van der Waals surface area contributed by atoms with E-state index in [0.29, 0.717) is 0 Å². The third-order valence-electron chi connectivity index (χ3n) is 2.19. The Morgan fingerprint density at radius 1 is 1.21 bits per heavy atom. The second-order valence-corrected chi connectivity index (χ2v) is 3.51. The quantitative estimate of drug-likeness (QED) is 0.613. The molecule has 2 radical (unpaired) electrons. The van der Waals surface area contributed by atoms with Crippen molar-refractivity contribution < 1.29 is 0 Å². The Morgan fingerprint density at radius 2 is 2.00 bits per heavy atom. The van der Waals surface area contributed by atoms with Crippen LogP contribution in [0.25, 0.3) is 10.8 Å². The molecule has 0 spiro atoms. The molecular formula is C11H11BN2. The smallest absolute Gasteiger partial charge is 0.135 e. The minimum absolute atomic E-state index is 0.772. The topological polar surface area (TPSA) is 16.1 Å². The summed E-state index contributed by atoms with van der Waals surface area (Å²) in [6, 6.07) is 7.86. The molecule has 0 aliphatic rings. The van der Waals surface area contributed by atoms with Crippen LogP contribution in [0.1, 0.15) is 0 Å². The molecule has 0 amide bonds. The van der Waals surface area contributed by atoms with Crippen LogP contribution >= 0.6 is 0 Å². The average molecular weight is 182 g/mol. The fourth-order valence-corrected chi connectivity index (χ4v) is 1.53. The Kier molecular flexibility index (Phi) is 2.16. The van der Waals surface area contributed by atoms with Crippen molar-refractivity contribution in [2.24, 2.45) is 0 Å². The number of pyridine rings is 1. The van der Waals surface area contributed by atoms with Crippen LogP contribution in [0.3, 0.4) is 0 Å². The van der Waals surface area contributed by atoms with Gasteiger partial charge < -0.3 is 4.90 Å². The lowest BCUT2D eigenvalue weighted by Gasteiger charge is -2.14. The maximum absolute atomic E-state index is 5.75. The standard InChI is InChI=1S/C11H11BN2/c1-14(2)11-10-7-9(12)4-3-8(10)5-6-13-11/h3-7H,1-2H3. The van der Waals surface area contributed by atoms with E-state index in [0.717, 1.165) is 22.1 Å². The Balaban J connectivity index is 2.77. The summed E-state index contributed by atoms with van der Waals surface area (Å²) >= 11 is 0. The first-order valence-electron chi connectivity index (χ1n) is 4.50. The summed E-state index contributed by atoms with van der Waals surface area (Å²) in [6.07, 6.45) is 1.81. The number of fused-ring (bicyclic) bond motifs is 1. The predicted octanol–water partition coefficient (Wildman–Crippen LogP) is 1.09. The summed E-state index contributed by atoms with van der Waals surface area (Å²) in [5.74, 6) is 0.954. The van der Waals surface area contributed by atoms with E-state index in [1.807, 2.05) is 49.5 Å². The van der Waals surface area contributed by atoms with Gasteiger partial charge in [-0.1, -0.05) is 23.7 Å². The van der Waals surface area contributed by atoms with Crippen LogP contribution in [0, 0.1) is 0 Å². The molecule has 2 nitrogen and oxygen atoms in total. The summed E-state index contributed by atoms with van der Waals surface area (Å²) in [7, 11) is 9.70. The molecule has 0 saturated carbocycles. The third-order valence-corrected chi connectivity index (χ3v) is 2.19. The van der Waals surface area contributed by atoms with Crippen molar-refractivity contribution in [1.29, 1.82) is 0 Å². The molecule has 1 aromatic heterocycles. The van der Waals surface area contributed by atoms with Crippen molar-refractivity contribution in [1.82, 2.24) is 4.98 Å². The molecule has 3 heteroatoms.